The lowest BCUT2D eigenvalue weighted by molar-refractivity contribution is -0.140. The van der Waals surface area contributed by atoms with Crippen molar-refractivity contribution in [2.75, 3.05) is 12.4 Å². The van der Waals surface area contributed by atoms with Crippen molar-refractivity contribution in [2.24, 2.45) is 0 Å². The third-order valence-electron chi connectivity index (χ3n) is 7.46. The molecule has 2 amide bonds. The number of alkyl halides is 2. The zero-order valence-corrected chi connectivity index (χ0v) is 19.4. The van der Waals surface area contributed by atoms with E-state index in [1.807, 2.05) is 6.92 Å². The molecule has 1 aliphatic heterocycles. The van der Waals surface area contributed by atoms with Crippen LogP contribution in [-0.2, 0) is 14.3 Å². The zero-order chi connectivity index (χ0) is 22.2. The number of aliphatic hydroxyl groups is 1. The maximum atomic E-state index is 13.8. The Labute approximate surface area is 191 Å². The van der Waals surface area contributed by atoms with Gasteiger partial charge in [0, 0.05) is 17.7 Å². The molecular formula is C21H33ClFN3O4S. The van der Waals surface area contributed by atoms with Crippen LogP contribution in [0.4, 0.5) is 4.39 Å². The number of carbonyl (C=O) groups excluding carboxylic acids is 2. The Morgan fingerprint density at radius 1 is 1.26 bits per heavy atom. The maximum Gasteiger partial charge on any atom is 0.246 e. The summed E-state index contributed by atoms with van der Waals surface area (Å²) in [5.41, 5.74) is -1.09. The van der Waals surface area contributed by atoms with Gasteiger partial charge in [0.15, 0.2) is 0 Å². The van der Waals surface area contributed by atoms with Gasteiger partial charge < -0.3 is 20.5 Å². The van der Waals surface area contributed by atoms with E-state index >= 15 is 0 Å². The number of amides is 2. The highest BCUT2D eigenvalue weighted by Crippen LogP contribution is 2.47. The van der Waals surface area contributed by atoms with Gasteiger partial charge in [-0.05, 0) is 51.9 Å². The lowest BCUT2D eigenvalue weighted by atomic mass is 9.60. The van der Waals surface area contributed by atoms with E-state index in [0.29, 0.717) is 32.1 Å². The molecule has 0 aromatic heterocycles. The Balaban J connectivity index is 1.26. The summed E-state index contributed by atoms with van der Waals surface area (Å²) in [6.45, 7) is 1.89. The van der Waals surface area contributed by atoms with Gasteiger partial charge >= 0.3 is 0 Å². The van der Waals surface area contributed by atoms with Gasteiger partial charge in [0.2, 0.25) is 11.8 Å². The van der Waals surface area contributed by atoms with Gasteiger partial charge in [-0.25, -0.2) is 4.39 Å². The second-order valence-corrected chi connectivity index (χ2v) is 11.6. The van der Waals surface area contributed by atoms with Gasteiger partial charge in [0.1, 0.15) is 12.8 Å². The molecule has 4 saturated carbocycles. The van der Waals surface area contributed by atoms with E-state index in [4.69, 9.17) is 16.3 Å². The van der Waals surface area contributed by atoms with Crippen molar-refractivity contribution in [3.63, 3.8) is 0 Å². The lowest BCUT2D eigenvalue weighted by Gasteiger charge is -2.56. The minimum absolute atomic E-state index is 0.00582. The van der Waals surface area contributed by atoms with Crippen molar-refractivity contribution in [1.29, 1.82) is 0 Å². The molecule has 4 aliphatic carbocycles. The molecule has 176 valence electrons. The molecule has 5 rings (SSSR count). The SMILES string of the molecule is CC1NC(C(=O)NC23CCC(NC(=O)COC4CCC(Cl)C(F)C4)(CC2)C(O)C3)CS1. The Kier molecular flexibility index (Phi) is 7.09. The molecule has 0 aromatic carbocycles. The second kappa shape index (κ2) is 9.33. The smallest absolute Gasteiger partial charge is 0.246 e. The summed E-state index contributed by atoms with van der Waals surface area (Å²) >= 11 is 7.62. The predicted molar refractivity (Wildman–Crippen MR) is 118 cm³/mol. The molecule has 31 heavy (non-hydrogen) atoms. The van der Waals surface area contributed by atoms with Crippen molar-refractivity contribution in [3.8, 4) is 0 Å². The summed E-state index contributed by atoms with van der Waals surface area (Å²) in [6.07, 6.45) is 2.33. The quantitative estimate of drug-likeness (QED) is 0.434. The van der Waals surface area contributed by atoms with E-state index in [9.17, 15) is 19.1 Å². The fraction of sp³-hybridized carbons (Fsp3) is 0.905. The Hall–Kier alpha value is -0.610. The maximum absolute atomic E-state index is 13.8. The van der Waals surface area contributed by atoms with Gasteiger partial charge in [-0.1, -0.05) is 0 Å². The molecule has 2 bridgehead atoms. The van der Waals surface area contributed by atoms with Crippen molar-refractivity contribution in [3.05, 3.63) is 0 Å². The topological polar surface area (TPSA) is 99.7 Å². The van der Waals surface area contributed by atoms with Gasteiger partial charge in [-0.15, -0.1) is 23.4 Å². The summed E-state index contributed by atoms with van der Waals surface area (Å²) in [7, 11) is 0. The summed E-state index contributed by atoms with van der Waals surface area (Å²) in [5, 5.41) is 20.1. The van der Waals surface area contributed by atoms with Crippen LogP contribution in [0.15, 0.2) is 0 Å². The molecule has 5 aliphatic rings. The number of ether oxygens (including phenoxy) is 1. The minimum atomic E-state index is -1.11. The summed E-state index contributed by atoms with van der Waals surface area (Å²) in [6, 6.07) is -0.199. The fourth-order valence-electron chi connectivity index (χ4n) is 5.48. The molecule has 0 radical (unpaired) electrons. The molecule has 7 nitrogen and oxygen atoms in total. The lowest BCUT2D eigenvalue weighted by Crippen LogP contribution is -2.71. The second-order valence-electron chi connectivity index (χ2n) is 9.67. The summed E-state index contributed by atoms with van der Waals surface area (Å²) in [4.78, 5) is 25.2. The molecule has 0 spiro atoms. The van der Waals surface area contributed by atoms with E-state index in [2.05, 4.69) is 16.0 Å². The molecule has 4 N–H and O–H groups in total. The highest BCUT2D eigenvalue weighted by Gasteiger charge is 2.55. The fourth-order valence-corrected chi connectivity index (χ4v) is 6.70. The monoisotopic (exact) mass is 477 g/mol. The van der Waals surface area contributed by atoms with E-state index in [-0.39, 0.29) is 42.4 Å². The normalized spacial score (nSPS) is 44.8. The van der Waals surface area contributed by atoms with Crippen molar-refractivity contribution < 1.29 is 23.8 Å². The van der Waals surface area contributed by atoms with Crippen LogP contribution in [0.5, 0.6) is 0 Å². The van der Waals surface area contributed by atoms with Crippen LogP contribution in [0, 0.1) is 0 Å². The molecule has 1 heterocycles. The molecule has 5 fully saturated rings. The number of halogens is 2. The van der Waals surface area contributed by atoms with Crippen LogP contribution in [0.2, 0.25) is 0 Å². The molecule has 1 saturated heterocycles. The highest BCUT2D eigenvalue weighted by molar-refractivity contribution is 8.00. The third kappa shape index (κ3) is 5.16. The number of thioether (sulfide) groups is 1. The van der Waals surface area contributed by atoms with Crippen LogP contribution >= 0.6 is 23.4 Å². The van der Waals surface area contributed by atoms with Crippen LogP contribution in [0.1, 0.15) is 58.3 Å². The van der Waals surface area contributed by atoms with Crippen molar-refractivity contribution >= 4 is 35.2 Å². The molecular weight excluding hydrogens is 445 g/mol. The predicted octanol–water partition coefficient (Wildman–Crippen LogP) is 1.60. The van der Waals surface area contributed by atoms with Crippen molar-refractivity contribution in [2.45, 2.75) is 105 Å². The first-order valence-electron chi connectivity index (χ1n) is 11.3. The largest absolute Gasteiger partial charge is 0.391 e. The van der Waals surface area contributed by atoms with E-state index in [0.717, 1.165) is 18.6 Å². The number of aliphatic hydroxyl groups excluding tert-OH is 1. The summed E-state index contributed by atoms with van der Waals surface area (Å²) in [5.74, 6) is 0.456. The van der Waals surface area contributed by atoms with Gasteiger partial charge in [0.25, 0.3) is 0 Å². The third-order valence-corrected chi connectivity index (χ3v) is 9.11. The van der Waals surface area contributed by atoms with Crippen LogP contribution in [0.3, 0.4) is 0 Å². The Morgan fingerprint density at radius 2 is 2.00 bits per heavy atom. The van der Waals surface area contributed by atoms with E-state index in [1.54, 1.807) is 11.8 Å². The molecule has 0 aromatic rings. The number of hydrogen-bond donors (Lipinski definition) is 4. The Morgan fingerprint density at radius 3 is 2.61 bits per heavy atom. The van der Waals surface area contributed by atoms with Gasteiger partial charge in [0.05, 0.1) is 34.5 Å². The zero-order valence-electron chi connectivity index (χ0n) is 17.9. The van der Waals surface area contributed by atoms with E-state index in [1.165, 1.54) is 0 Å². The summed E-state index contributed by atoms with van der Waals surface area (Å²) < 4.78 is 19.4. The van der Waals surface area contributed by atoms with Gasteiger partial charge in [-0.2, -0.15) is 0 Å². The number of nitrogens with one attached hydrogen (secondary N) is 3. The molecule has 10 heteroatoms. The first kappa shape index (κ1) is 23.5. The standard InChI is InChI=1S/C21H33ClFN3O4S/c1-12-24-16(11-31-12)19(29)26-20-4-6-21(7-5-20,17(27)9-20)25-18(28)10-30-13-2-3-14(22)15(23)8-13/h12-17,24,27H,2-11H2,1H3,(H,25,28)(H,26,29). The molecule has 6 atom stereocenters. The average molecular weight is 478 g/mol. The number of fused-ring (bicyclic) bond motifs is 3. The number of rotatable bonds is 6. The highest BCUT2D eigenvalue weighted by atomic mass is 35.5. The van der Waals surface area contributed by atoms with E-state index < -0.39 is 28.7 Å². The average Bonchev–Trinajstić information content (AvgIpc) is 3.17. The minimum Gasteiger partial charge on any atom is -0.391 e. The Bertz CT molecular complexity index is 694. The first-order valence-corrected chi connectivity index (χ1v) is 12.8. The van der Waals surface area contributed by atoms with Crippen molar-refractivity contribution in [1.82, 2.24) is 16.0 Å². The van der Waals surface area contributed by atoms with Gasteiger partial charge in [-0.3, -0.25) is 14.9 Å². The van der Waals surface area contributed by atoms with Crippen LogP contribution < -0.4 is 16.0 Å². The first-order chi connectivity index (χ1) is 14.7. The molecule has 6 unspecified atom stereocenters. The van der Waals surface area contributed by atoms with Crippen LogP contribution in [0.25, 0.3) is 0 Å². The number of carbonyl (C=O) groups is 2. The van der Waals surface area contributed by atoms with Crippen LogP contribution in [-0.4, -0.2) is 75.5 Å². The number of hydrogen-bond acceptors (Lipinski definition) is 6.